The zero-order valence-corrected chi connectivity index (χ0v) is 22.4. The van der Waals surface area contributed by atoms with Gasteiger partial charge in [-0.25, -0.2) is 15.0 Å². The summed E-state index contributed by atoms with van der Waals surface area (Å²) in [7, 11) is 0. The topological polar surface area (TPSA) is 78.4 Å². The van der Waals surface area contributed by atoms with Crippen LogP contribution in [0.15, 0.2) is 24.5 Å². The standard InChI is InChI=1S/C28H37N7OS/c1-2-8-28(9-3-1)10-11-29-26-24(28)25-22(37-26)19-31-27(33-25)32-23-5-4-21(18-30-23)34-12-6-20(7-13-34)35-14-16-36-17-15-35/h4-5,18-20,29H,1-3,6-17H2,(H,30,31,32,33). The average Bonchev–Trinajstić information content (AvgIpc) is 3.34. The van der Waals surface area contributed by atoms with Crippen LogP contribution in [0, 0.1) is 0 Å². The number of fused-ring (bicyclic) bond motifs is 4. The first-order valence-corrected chi connectivity index (χ1v) is 14.9. The molecule has 3 fully saturated rings. The van der Waals surface area contributed by atoms with E-state index >= 15 is 0 Å². The summed E-state index contributed by atoms with van der Waals surface area (Å²) in [5.74, 6) is 1.43. The molecule has 1 saturated carbocycles. The van der Waals surface area contributed by atoms with Gasteiger partial charge in [0, 0.05) is 49.7 Å². The highest BCUT2D eigenvalue weighted by atomic mass is 32.1. The summed E-state index contributed by atoms with van der Waals surface area (Å²) in [6.45, 7) is 7.13. The first-order valence-electron chi connectivity index (χ1n) is 14.1. The van der Waals surface area contributed by atoms with Crippen LogP contribution >= 0.6 is 11.3 Å². The molecule has 0 unspecified atom stereocenters. The third kappa shape index (κ3) is 4.55. The minimum Gasteiger partial charge on any atom is -0.379 e. The van der Waals surface area contributed by atoms with E-state index in [1.54, 1.807) is 0 Å². The number of piperidine rings is 1. The Balaban J connectivity index is 1.05. The predicted octanol–water partition coefficient (Wildman–Crippen LogP) is 5.15. The minimum atomic E-state index is 0.290. The second-order valence-electron chi connectivity index (χ2n) is 11.1. The Hall–Kier alpha value is -2.49. The quantitative estimate of drug-likeness (QED) is 0.490. The summed E-state index contributed by atoms with van der Waals surface area (Å²) in [6.07, 6.45) is 14.2. The lowest BCUT2D eigenvalue weighted by Crippen LogP contribution is -2.49. The van der Waals surface area contributed by atoms with Crippen molar-refractivity contribution in [2.75, 3.05) is 61.5 Å². The molecule has 0 aromatic carbocycles. The van der Waals surface area contributed by atoms with Crippen LogP contribution in [0.1, 0.15) is 56.9 Å². The second-order valence-corrected chi connectivity index (χ2v) is 12.2. The number of rotatable bonds is 4. The lowest BCUT2D eigenvalue weighted by atomic mass is 9.66. The van der Waals surface area contributed by atoms with Crippen LogP contribution in [0.25, 0.3) is 10.2 Å². The lowest BCUT2D eigenvalue weighted by molar-refractivity contribution is 0.0115. The Kier molecular flexibility index (Phi) is 6.38. The molecule has 3 aromatic rings. The summed E-state index contributed by atoms with van der Waals surface area (Å²) < 4.78 is 6.70. The summed E-state index contributed by atoms with van der Waals surface area (Å²) in [5.41, 5.74) is 4.07. The molecule has 1 aliphatic carbocycles. The van der Waals surface area contributed by atoms with E-state index in [4.69, 9.17) is 14.7 Å². The molecular formula is C28H37N7OS. The van der Waals surface area contributed by atoms with E-state index < -0.39 is 0 Å². The molecule has 7 rings (SSSR count). The molecule has 2 saturated heterocycles. The molecule has 2 N–H and O–H groups in total. The monoisotopic (exact) mass is 519 g/mol. The number of pyridine rings is 1. The van der Waals surface area contributed by atoms with Crippen LogP contribution in [0.4, 0.5) is 22.5 Å². The molecule has 0 atom stereocenters. The molecule has 4 aliphatic rings. The van der Waals surface area contributed by atoms with Gasteiger partial charge in [0.2, 0.25) is 5.95 Å². The molecule has 3 aliphatic heterocycles. The maximum Gasteiger partial charge on any atom is 0.228 e. The largest absolute Gasteiger partial charge is 0.379 e. The van der Waals surface area contributed by atoms with E-state index in [1.165, 1.54) is 72.3 Å². The molecule has 8 nitrogen and oxygen atoms in total. The minimum absolute atomic E-state index is 0.290. The Bertz CT molecular complexity index is 1230. The van der Waals surface area contributed by atoms with Gasteiger partial charge in [-0.05, 0) is 44.2 Å². The molecular weight excluding hydrogens is 482 g/mol. The normalized spacial score (nSPS) is 22.6. The molecule has 6 heterocycles. The van der Waals surface area contributed by atoms with E-state index in [2.05, 4.69) is 37.6 Å². The van der Waals surface area contributed by atoms with Crippen LogP contribution < -0.4 is 15.5 Å². The number of ether oxygens (including phenoxy) is 1. The zero-order chi connectivity index (χ0) is 24.7. The van der Waals surface area contributed by atoms with Crippen molar-refractivity contribution in [3.8, 4) is 0 Å². The zero-order valence-electron chi connectivity index (χ0n) is 21.5. The summed E-state index contributed by atoms with van der Waals surface area (Å²) in [4.78, 5) is 19.5. The van der Waals surface area contributed by atoms with Gasteiger partial charge in [0.15, 0.2) is 0 Å². The van der Waals surface area contributed by atoms with Gasteiger partial charge in [-0.2, -0.15) is 0 Å². The SMILES string of the molecule is c1cc(Nc2ncc3sc4c(c3n2)C2(CCCCC2)CCN4)ncc1N1CCC(N2CCOCC2)CC1. The number of nitrogens with zero attached hydrogens (tertiary/aromatic N) is 5. The van der Waals surface area contributed by atoms with E-state index in [9.17, 15) is 0 Å². The van der Waals surface area contributed by atoms with Gasteiger partial charge in [0.1, 0.15) is 5.82 Å². The highest BCUT2D eigenvalue weighted by molar-refractivity contribution is 7.23. The number of anilines is 4. The Morgan fingerprint density at radius 1 is 0.973 bits per heavy atom. The Labute approximate surface area is 222 Å². The van der Waals surface area contributed by atoms with Crippen molar-refractivity contribution in [2.45, 2.75) is 62.8 Å². The van der Waals surface area contributed by atoms with Gasteiger partial charge >= 0.3 is 0 Å². The number of thiophene rings is 1. The first kappa shape index (κ1) is 23.6. The van der Waals surface area contributed by atoms with Gasteiger partial charge in [-0.1, -0.05) is 19.3 Å². The first-order chi connectivity index (χ1) is 18.3. The molecule has 3 aromatic heterocycles. The lowest BCUT2D eigenvalue weighted by Gasteiger charge is -2.41. The maximum absolute atomic E-state index is 5.53. The van der Waals surface area contributed by atoms with Crippen molar-refractivity contribution in [3.63, 3.8) is 0 Å². The van der Waals surface area contributed by atoms with Gasteiger partial charge < -0.3 is 20.3 Å². The smallest absolute Gasteiger partial charge is 0.228 e. The van der Waals surface area contributed by atoms with Crippen molar-refractivity contribution in [1.29, 1.82) is 0 Å². The molecule has 196 valence electrons. The third-order valence-electron chi connectivity index (χ3n) is 9.04. The van der Waals surface area contributed by atoms with Crippen molar-refractivity contribution < 1.29 is 4.74 Å². The molecule has 0 amide bonds. The van der Waals surface area contributed by atoms with Crippen LogP contribution in [-0.2, 0) is 10.2 Å². The Morgan fingerprint density at radius 3 is 2.59 bits per heavy atom. The molecule has 37 heavy (non-hydrogen) atoms. The summed E-state index contributed by atoms with van der Waals surface area (Å²) in [5, 5.41) is 8.35. The highest BCUT2D eigenvalue weighted by Crippen LogP contribution is 2.52. The number of morpholine rings is 1. The number of aromatic nitrogens is 3. The van der Waals surface area contributed by atoms with Gasteiger partial charge in [0.25, 0.3) is 0 Å². The number of hydrogen-bond donors (Lipinski definition) is 2. The van der Waals surface area contributed by atoms with Gasteiger partial charge in [-0.3, -0.25) is 4.90 Å². The molecule has 0 radical (unpaired) electrons. The second kappa shape index (κ2) is 10.0. The molecule has 9 heteroatoms. The van der Waals surface area contributed by atoms with Crippen molar-refractivity contribution >= 4 is 44.0 Å². The van der Waals surface area contributed by atoms with E-state index in [0.717, 1.165) is 57.3 Å². The van der Waals surface area contributed by atoms with Crippen LogP contribution in [-0.4, -0.2) is 71.8 Å². The van der Waals surface area contributed by atoms with Crippen molar-refractivity contribution in [1.82, 2.24) is 19.9 Å². The average molecular weight is 520 g/mol. The van der Waals surface area contributed by atoms with E-state index in [0.29, 0.717) is 12.0 Å². The van der Waals surface area contributed by atoms with Crippen molar-refractivity contribution in [3.05, 3.63) is 30.1 Å². The molecule has 1 spiro atoms. The maximum atomic E-state index is 5.53. The number of nitrogens with one attached hydrogen (secondary N) is 2. The van der Waals surface area contributed by atoms with Gasteiger partial charge in [0.05, 0.1) is 46.5 Å². The summed E-state index contributed by atoms with van der Waals surface area (Å²) in [6, 6.07) is 4.92. The Morgan fingerprint density at radius 2 is 1.81 bits per heavy atom. The van der Waals surface area contributed by atoms with Crippen molar-refractivity contribution in [2.24, 2.45) is 0 Å². The van der Waals surface area contributed by atoms with Crippen LogP contribution in [0.3, 0.4) is 0 Å². The van der Waals surface area contributed by atoms with Crippen LogP contribution in [0.5, 0.6) is 0 Å². The third-order valence-corrected chi connectivity index (χ3v) is 10.1. The van der Waals surface area contributed by atoms with E-state index in [1.807, 2.05) is 23.7 Å². The highest BCUT2D eigenvalue weighted by Gasteiger charge is 2.41. The fourth-order valence-corrected chi connectivity index (χ4v) is 8.19. The van der Waals surface area contributed by atoms with Gasteiger partial charge in [-0.15, -0.1) is 11.3 Å². The predicted molar refractivity (Wildman–Crippen MR) is 150 cm³/mol. The number of hydrogen-bond acceptors (Lipinski definition) is 9. The fraction of sp³-hybridized carbons (Fsp3) is 0.607. The van der Waals surface area contributed by atoms with E-state index in [-0.39, 0.29) is 5.41 Å². The van der Waals surface area contributed by atoms with Crippen LogP contribution in [0.2, 0.25) is 0 Å². The molecule has 0 bridgehead atoms. The summed E-state index contributed by atoms with van der Waals surface area (Å²) >= 11 is 1.81. The fourth-order valence-electron chi connectivity index (χ4n) is 7.03.